The highest BCUT2D eigenvalue weighted by atomic mass is 32.2. The van der Waals surface area contributed by atoms with E-state index in [1.807, 2.05) is 0 Å². The average molecular weight is 301 g/mol. The molecule has 0 aliphatic carbocycles. The van der Waals surface area contributed by atoms with Crippen LogP contribution in [0.5, 0.6) is 0 Å². The van der Waals surface area contributed by atoms with Gasteiger partial charge >= 0.3 is 0 Å². The van der Waals surface area contributed by atoms with Crippen molar-refractivity contribution in [3.8, 4) is 11.8 Å². The van der Waals surface area contributed by atoms with E-state index in [1.54, 1.807) is 0 Å². The first-order valence-corrected chi connectivity index (χ1v) is 7.52. The second-order valence-corrected chi connectivity index (χ2v) is 5.72. The largest absolute Gasteiger partial charge is 0.395 e. The molecule has 0 fully saturated rings. The molecule has 0 unspecified atom stereocenters. The first kappa shape index (κ1) is 16.4. The standard InChI is InChI=1S/C13H16FNO4S/c1-19-8-9-20(17,18)15-13-6-5-12(14)10-11(13)4-2-3-7-16/h5-6,10,15-16H,3,7-9H2,1H3. The predicted octanol–water partition coefficient (Wildman–Crippen LogP) is 0.948. The lowest BCUT2D eigenvalue weighted by Gasteiger charge is -2.09. The van der Waals surface area contributed by atoms with Gasteiger partial charge in [0, 0.05) is 13.5 Å². The number of rotatable bonds is 6. The van der Waals surface area contributed by atoms with Crippen molar-refractivity contribution in [2.45, 2.75) is 6.42 Å². The Balaban J connectivity index is 2.98. The molecule has 5 nitrogen and oxygen atoms in total. The molecule has 1 aromatic carbocycles. The average Bonchev–Trinajstić information content (AvgIpc) is 2.40. The van der Waals surface area contributed by atoms with Gasteiger partial charge in [0.2, 0.25) is 10.0 Å². The summed E-state index contributed by atoms with van der Waals surface area (Å²) in [7, 11) is -2.18. The van der Waals surface area contributed by atoms with Crippen LogP contribution in [0.1, 0.15) is 12.0 Å². The zero-order chi connectivity index (χ0) is 15.0. The number of anilines is 1. The Morgan fingerprint density at radius 2 is 2.20 bits per heavy atom. The van der Waals surface area contributed by atoms with E-state index in [1.165, 1.54) is 13.2 Å². The topological polar surface area (TPSA) is 75.6 Å². The normalized spacial score (nSPS) is 10.8. The molecule has 0 amide bonds. The van der Waals surface area contributed by atoms with Crippen LogP contribution in [0.3, 0.4) is 0 Å². The highest BCUT2D eigenvalue weighted by Gasteiger charge is 2.12. The van der Waals surface area contributed by atoms with Crippen molar-refractivity contribution in [1.82, 2.24) is 0 Å². The molecule has 0 aromatic heterocycles. The fourth-order valence-corrected chi connectivity index (χ4v) is 2.34. The lowest BCUT2D eigenvalue weighted by molar-refractivity contribution is 0.217. The SMILES string of the molecule is COCCS(=O)(=O)Nc1ccc(F)cc1C#CCCO. The van der Waals surface area contributed by atoms with Gasteiger partial charge in [0.1, 0.15) is 5.82 Å². The smallest absolute Gasteiger partial charge is 0.235 e. The molecule has 0 heterocycles. The Kier molecular flexibility index (Phi) is 6.45. The van der Waals surface area contributed by atoms with Gasteiger partial charge in [-0.2, -0.15) is 0 Å². The third-order valence-corrected chi connectivity index (χ3v) is 3.50. The number of halogens is 1. The van der Waals surface area contributed by atoms with Gasteiger partial charge in [-0.05, 0) is 18.2 Å². The van der Waals surface area contributed by atoms with Crippen LogP contribution in [-0.2, 0) is 14.8 Å². The molecular formula is C13H16FNO4S. The fourth-order valence-electron chi connectivity index (χ4n) is 1.33. The lowest BCUT2D eigenvalue weighted by Crippen LogP contribution is -2.20. The van der Waals surface area contributed by atoms with Gasteiger partial charge in [-0.25, -0.2) is 12.8 Å². The van der Waals surface area contributed by atoms with Crippen LogP contribution >= 0.6 is 0 Å². The van der Waals surface area contributed by atoms with E-state index in [4.69, 9.17) is 9.84 Å². The first-order chi connectivity index (χ1) is 9.48. The van der Waals surface area contributed by atoms with Crippen LogP contribution < -0.4 is 4.72 Å². The molecule has 0 atom stereocenters. The lowest BCUT2D eigenvalue weighted by atomic mass is 10.2. The number of aliphatic hydroxyl groups excluding tert-OH is 1. The number of sulfonamides is 1. The van der Waals surface area contributed by atoms with Crippen LogP contribution in [0.15, 0.2) is 18.2 Å². The second-order valence-electron chi connectivity index (χ2n) is 3.88. The van der Waals surface area contributed by atoms with E-state index < -0.39 is 15.8 Å². The molecule has 1 rings (SSSR count). The molecule has 0 bridgehead atoms. The number of aliphatic hydroxyl groups is 1. The maximum Gasteiger partial charge on any atom is 0.235 e. The first-order valence-electron chi connectivity index (χ1n) is 5.87. The van der Waals surface area contributed by atoms with E-state index in [-0.39, 0.29) is 36.6 Å². The molecule has 110 valence electrons. The van der Waals surface area contributed by atoms with Crippen molar-refractivity contribution in [3.63, 3.8) is 0 Å². The van der Waals surface area contributed by atoms with Crippen molar-refractivity contribution >= 4 is 15.7 Å². The summed E-state index contributed by atoms with van der Waals surface area (Å²) in [4.78, 5) is 0. The summed E-state index contributed by atoms with van der Waals surface area (Å²) in [6, 6.07) is 3.59. The van der Waals surface area contributed by atoms with Crippen molar-refractivity contribution in [2.24, 2.45) is 0 Å². The number of hydrogen-bond acceptors (Lipinski definition) is 4. The number of methoxy groups -OCH3 is 1. The Morgan fingerprint density at radius 3 is 2.85 bits per heavy atom. The predicted molar refractivity (Wildman–Crippen MR) is 74.3 cm³/mol. The molecule has 0 spiro atoms. The van der Waals surface area contributed by atoms with E-state index >= 15 is 0 Å². The highest BCUT2D eigenvalue weighted by Crippen LogP contribution is 2.17. The van der Waals surface area contributed by atoms with Crippen LogP contribution in [0.2, 0.25) is 0 Å². The monoisotopic (exact) mass is 301 g/mol. The Bertz CT molecular complexity index is 605. The van der Waals surface area contributed by atoms with Gasteiger partial charge in [-0.3, -0.25) is 4.72 Å². The Labute approximate surface area is 117 Å². The molecule has 0 aliphatic heterocycles. The molecule has 0 radical (unpaired) electrons. The molecule has 2 N–H and O–H groups in total. The summed E-state index contributed by atoms with van der Waals surface area (Å²) in [6.07, 6.45) is 0.229. The van der Waals surface area contributed by atoms with Crippen LogP contribution in [0.4, 0.5) is 10.1 Å². The minimum Gasteiger partial charge on any atom is -0.395 e. The zero-order valence-electron chi connectivity index (χ0n) is 11.0. The van der Waals surface area contributed by atoms with Crippen molar-refractivity contribution < 1.29 is 22.7 Å². The molecular weight excluding hydrogens is 285 g/mol. The fraction of sp³-hybridized carbons (Fsp3) is 0.385. The Morgan fingerprint density at radius 1 is 1.45 bits per heavy atom. The third kappa shape index (κ3) is 5.57. The quantitative estimate of drug-likeness (QED) is 0.767. The van der Waals surface area contributed by atoms with Gasteiger partial charge in [0.25, 0.3) is 0 Å². The molecule has 20 heavy (non-hydrogen) atoms. The summed E-state index contributed by atoms with van der Waals surface area (Å²) >= 11 is 0. The van der Waals surface area contributed by atoms with Crippen molar-refractivity contribution in [2.75, 3.05) is 30.8 Å². The maximum atomic E-state index is 13.2. The summed E-state index contributed by atoms with van der Waals surface area (Å²) in [6.45, 7) is -0.0563. The number of hydrogen-bond donors (Lipinski definition) is 2. The maximum absolute atomic E-state index is 13.2. The Hall–Kier alpha value is -1.62. The highest BCUT2D eigenvalue weighted by molar-refractivity contribution is 7.92. The second kappa shape index (κ2) is 7.85. The molecule has 1 aromatic rings. The number of ether oxygens (including phenoxy) is 1. The van der Waals surface area contributed by atoms with Crippen LogP contribution in [0.25, 0.3) is 0 Å². The molecule has 0 aliphatic rings. The van der Waals surface area contributed by atoms with Crippen molar-refractivity contribution in [1.29, 1.82) is 0 Å². The summed E-state index contributed by atoms with van der Waals surface area (Å²) in [5.74, 6) is 4.53. The molecule has 0 saturated heterocycles. The van der Waals surface area contributed by atoms with Crippen LogP contribution in [-0.4, -0.2) is 39.6 Å². The summed E-state index contributed by atoms with van der Waals surface area (Å²) in [5, 5.41) is 8.65. The minimum absolute atomic E-state index is 0.0576. The van der Waals surface area contributed by atoms with E-state index in [0.29, 0.717) is 0 Å². The van der Waals surface area contributed by atoms with Gasteiger partial charge in [-0.15, -0.1) is 0 Å². The van der Waals surface area contributed by atoms with Gasteiger partial charge in [0.05, 0.1) is 30.2 Å². The summed E-state index contributed by atoms with van der Waals surface area (Å²) in [5.41, 5.74) is 0.424. The van der Waals surface area contributed by atoms with Crippen molar-refractivity contribution in [3.05, 3.63) is 29.6 Å². The number of benzene rings is 1. The molecule has 7 heteroatoms. The van der Waals surface area contributed by atoms with Gasteiger partial charge < -0.3 is 9.84 Å². The van der Waals surface area contributed by atoms with E-state index in [0.717, 1.165) is 12.1 Å². The van der Waals surface area contributed by atoms with E-state index in [2.05, 4.69) is 16.6 Å². The third-order valence-electron chi connectivity index (χ3n) is 2.26. The minimum atomic E-state index is -3.58. The zero-order valence-corrected chi connectivity index (χ0v) is 11.8. The number of nitrogens with one attached hydrogen (secondary N) is 1. The summed E-state index contributed by atoms with van der Waals surface area (Å²) < 4.78 is 43.7. The van der Waals surface area contributed by atoms with Crippen LogP contribution in [0, 0.1) is 17.7 Å². The van der Waals surface area contributed by atoms with Gasteiger partial charge in [-0.1, -0.05) is 11.8 Å². The van der Waals surface area contributed by atoms with Gasteiger partial charge in [0.15, 0.2) is 0 Å². The molecule has 0 saturated carbocycles. The van der Waals surface area contributed by atoms with E-state index in [9.17, 15) is 12.8 Å².